The van der Waals surface area contributed by atoms with E-state index in [1.54, 1.807) is 40.4 Å². The lowest BCUT2D eigenvalue weighted by molar-refractivity contribution is -0.134. The van der Waals surface area contributed by atoms with Gasteiger partial charge in [0.1, 0.15) is 0 Å². The third-order valence-electron chi connectivity index (χ3n) is 3.95. The van der Waals surface area contributed by atoms with Crippen LogP contribution in [-0.2, 0) is 4.79 Å². The van der Waals surface area contributed by atoms with Crippen LogP contribution in [0.25, 0.3) is 0 Å². The molecule has 1 saturated heterocycles. The molecule has 1 aliphatic heterocycles. The predicted octanol–water partition coefficient (Wildman–Crippen LogP) is 1.52. The average Bonchev–Trinajstić information content (AvgIpc) is 3.15. The summed E-state index contributed by atoms with van der Waals surface area (Å²) in [7, 11) is 0. The predicted molar refractivity (Wildman–Crippen MR) is 85.2 cm³/mol. The topological polar surface area (TPSA) is 65.6 Å². The number of aromatic amines is 1. The minimum absolute atomic E-state index is 0.0500. The number of para-hydroxylation sites is 1. The summed E-state index contributed by atoms with van der Waals surface area (Å²) < 4.78 is 18.7. The second-order valence-electron chi connectivity index (χ2n) is 5.49. The van der Waals surface area contributed by atoms with Gasteiger partial charge in [0.25, 0.3) is 11.8 Å². The van der Waals surface area contributed by atoms with Crippen LogP contribution in [0.2, 0.25) is 0 Å². The summed E-state index contributed by atoms with van der Waals surface area (Å²) in [6, 6.07) is 7.70. The summed E-state index contributed by atoms with van der Waals surface area (Å²) in [5.41, 5.74) is 0.609. The van der Waals surface area contributed by atoms with Crippen molar-refractivity contribution in [2.75, 3.05) is 32.8 Å². The van der Waals surface area contributed by atoms with Gasteiger partial charge in [-0.2, -0.15) is 0 Å². The van der Waals surface area contributed by atoms with Crippen molar-refractivity contribution < 1.29 is 18.7 Å². The third-order valence-corrected chi connectivity index (χ3v) is 3.95. The van der Waals surface area contributed by atoms with Crippen LogP contribution in [0.5, 0.6) is 5.75 Å². The fraction of sp³-hybridized carbons (Fsp3) is 0.294. The maximum atomic E-state index is 13.5. The highest BCUT2D eigenvalue weighted by Gasteiger charge is 2.25. The molecule has 1 N–H and O–H groups in total. The molecule has 2 amide bonds. The molecule has 1 aromatic carbocycles. The molecule has 2 aromatic rings. The van der Waals surface area contributed by atoms with E-state index in [9.17, 15) is 14.0 Å². The fourth-order valence-corrected chi connectivity index (χ4v) is 2.59. The van der Waals surface area contributed by atoms with Crippen LogP contribution in [0.4, 0.5) is 4.39 Å². The van der Waals surface area contributed by atoms with Crippen LogP contribution >= 0.6 is 0 Å². The van der Waals surface area contributed by atoms with E-state index in [-0.39, 0.29) is 24.2 Å². The summed E-state index contributed by atoms with van der Waals surface area (Å²) in [6.07, 6.45) is 3.36. The highest BCUT2D eigenvalue weighted by molar-refractivity contribution is 5.94. The van der Waals surface area contributed by atoms with Gasteiger partial charge in [0.2, 0.25) is 0 Å². The minimum Gasteiger partial charge on any atom is -0.481 e. The van der Waals surface area contributed by atoms with Crippen LogP contribution in [0.15, 0.2) is 42.7 Å². The standard InChI is InChI=1S/C17H18FN3O3/c18-14-3-1-2-4-15(14)24-12-16(22)20-7-9-21(10-8-20)17(23)13-5-6-19-11-13/h1-6,11,19H,7-10,12H2. The molecule has 0 saturated carbocycles. The number of aromatic nitrogens is 1. The Morgan fingerprint density at radius 3 is 2.46 bits per heavy atom. The maximum absolute atomic E-state index is 13.5. The minimum atomic E-state index is -0.493. The van der Waals surface area contributed by atoms with Crippen molar-refractivity contribution in [2.24, 2.45) is 0 Å². The van der Waals surface area contributed by atoms with E-state index in [2.05, 4.69) is 4.98 Å². The quantitative estimate of drug-likeness (QED) is 0.924. The Balaban J connectivity index is 1.48. The number of H-pyrrole nitrogens is 1. The van der Waals surface area contributed by atoms with E-state index in [0.717, 1.165) is 0 Å². The summed E-state index contributed by atoms with van der Waals surface area (Å²) in [4.78, 5) is 30.6. The van der Waals surface area contributed by atoms with Gasteiger partial charge in [-0.15, -0.1) is 0 Å². The van der Waals surface area contributed by atoms with Crippen molar-refractivity contribution in [3.63, 3.8) is 0 Å². The second-order valence-corrected chi connectivity index (χ2v) is 5.49. The summed E-state index contributed by atoms with van der Waals surface area (Å²) in [5.74, 6) is -0.697. The van der Waals surface area contributed by atoms with Crippen LogP contribution in [0.1, 0.15) is 10.4 Å². The van der Waals surface area contributed by atoms with Gasteiger partial charge < -0.3 is 19.5 Å². The monoisotopic (exact) mass is 331 g/mol. The van der Waals surface area contributed by atoms with Crippen LogP contribution in [0.3, 0.4) is 0 Å². The molecule has 1 aliphatic rings. The molecule has 0 spiro atoms. The Labute approximate surface area is 138 Å². The molecular weight excluding hydrogens is 313 g/mol. The number of benzene rings is 1. The Morgan fingerprint density at radius 1 is 1.08 bits per heavy atom. The number of amides is 2. The van der Waals surface area contributed by atoms with Gasteiger partial charge in [0.05, 0.1) is 5.56 Å². The molecule has 6 nitrogen and oxygen atoms in total. The molecule has 0 unspecified atom stereocenters. The number of hydrogen-bond donors (Lipinski definition) is 1. The smallest absolute Gasteiger partial charge is 0.260 e. The highest BCUT2D eigenvalue weighted by Crippen LogP contribution is 2.15. The van der Waals surface area contributed by atoms with Crippen LogP contribution in [0, 0.1) is 5.82 Å². The molecule has 0 atom stereocenters. The lowest BCUT2D eigenvalue weighted by atomic mass is 10.2. The van der Waals surface area contributed by atoms with E-state index in [4.69, 9.17) is 4.74 Å². The number of ether oxygens (including phenoxy) is 1. The van der Waals surface area contributed by atoms with Crippen molar-refractivity contribution in [1.82, 2.24) is 14.8 Å². The van der Waals surface area contributed by atoms with Gasteiger partial charge in [-0.3, -0.25) is 9.59 Å². The van der Waals surface area contributed by atoms with E-state index in [0.29, 0.717) is 31.7 Å². The molecule has 1 aromatic heterocycles. The molecule has 1 fully saturated rings. The van der Waals surface area contributed by atoms with E-state index < -0.39 is 5.82 Å². The molecule has 3 rings (SSSR count). The van der Waals surface area contributed by atoms with Gasteiger partial charge in [-0.05, 0) is 18.2 Å². The molecule has 126 valence electrons. The fourth-order valence-electron chi connectivity index (χ4n) is 2.59. The van der Waals surface area contributed by atoms with Crippen LogP contribution < -0.4 is 4.74 Å². The average molecular weight is 331 g/mol. The number of nitrogens with zero attached hydrogens (tertiary/aromatic N) is 2. The zero-order chi connectivity index (χ0) is 16.9. The number of carbonyl (C=O) groups excluding carboxylic acids is 2. The first-order valence-corrected chi connectivity index (χ1v) is 7.72. The van der Waals surface area contributed by atoms with Gasteiger partial charge in [0.15, 0.2) is 18.2 Å². The molecular formula is C17H18FN3O3. The largest absolute Gasteiger partial charge is 0.481 e. The van der Waals surface area contributed by atoms with E-state index in [1.807, 2.05) is 0 Å². The summed E-state index contributed by atoms with van der Waals surface area (Å²) in [5, 5.41) is 0. The lowest BCUT2D eigenvalue weighted by Crippen LogP contribution is -2.51. The van der Waals surface area contributed by atoms with Gasteiger partial charge >= 0.3 is 0 Å². The zero-order valence-corrected chi connectivity index (χ0v) is 13.1. The SMILES string of the molecule is O=C(COc1ccccc1F)N1CCN(C(=O)c2cc[nH]c2)CC1. The van der Waals surface area contributed by atoms with E-state index in [1.165, 1.54) is 12.1 Å². The first-order chi connectivity index (χ1) is 11.6. The Bertz CT molecular complexity index is 710. The Hall–Kier alpha value is -2.83. The molecule has 24 heavy (non-hydrogen) atoms. The molecule has 0 radical (unpaired) electrons. The zero-order valence-electron chi connectivity index (χ0n) is 13.1. The third kappa shape index (κ3) is 3.56. The summed E-state index contributed by atoms with van der Waals surface area (Å²) >= 11 is 0. The van der Waals surface area contributed by atoms with Gasteiger partial charge in [-0.1, -0.05) is 12.1 Å². The first kappa shape index (κ1) is 16.0. The number of carbonyl (C=O) groups is 2. The van der Waals surface area contributed by atoms with Crippen LogP contribution in [-0.4, -0.2) is 59.4 Å². The van der Waals surface area contributed by atoms with Crippen molar-refractivity contribution in [2.45, 2.75) is 0 Å². The first-order valence-electron chi connectivity index (χ1n) is 7.72. The number of hydrogen-bond acceptors (Lipinski definition) is 3. The Morgan fingerprint density at radius 2 is 1.79 bits per heavy atom. The van der Waals surface area contributed by atoms with Crippen molar-refractivity contribution in [3.05, 3.63) is 54.1 Å². The van der Waals surface area contributed by atoms with Crippen molar-refractivity contribution >= 4 is 11.8 Å². The molecule has 0 bridgehead atoms. The van der Waals surface area contributed by atoms with Crippen molar-refractivity contribution in [3.8, 4) is 5.75 Å². The summed E-state index contributed by atoms with van der Waals surface area (Å²) in [6.45, 7) is 1.60. The number of rotatable bonds is 4. The highest BCUT2D eigenvalue weighted by atomic mass is 19.1. The van der Waals surface area contributed by atoms with Gasteiger partial charge in [-0.25, -0.2) is 4.39 Å². The second kappa shape index (κ2) is 7.16. The normalized spacial score (nSPS) is 14.5. The number of nitrogens with one attached hydrogen (secondary N) is 1. The molecule has 2 heterocycles. The maximum Gasteiger partial charge on any atom is 0.260 e. The van der Waals surface area contributed by atoms with Crippen molar-refractivity contribution in [1.29, 1.82) is 0 Å². The lowest BCUT2D eigenvalue weighted by Gasteiger charge is -2.34. The van der Waals surface area contributed by atoms with Gasteiger partial charge in [0, 0.05) is 38.6 Å². The number of piperazine rings is 1. The number of halogens is 1. The van der Waals surface area contributed by atoms with E-state index >= 15 is 0 Å². The Kier molecular flexibility index (Phi) is 4.79. The molecule has 7 heteroatoms. The molecule has 0 aliphatic carbocycles.